The molecule has 116 valence electrons. The standard InChI is InChI=1S/C13H17BrN2O4S/c1-9(13(17)16-6-2-3-7-16)20-12-5-4-10(8-11(12)14)21(15,18)19/h4-5,8-9H,2-3,6-7H2,1H3,(H2,15,18,19). The topological polar surface area (TPSA) is 89.7 Å². The molecule has 1 amide bonds. The van der Waals surface area contributed by atoms with Gasteiger partial charge in [-0.05, 0) is 53.9 Å². The van der Waals surface area contributed by atoms with E-state index in [9.17, 15) is 13.2 Å². The zero-order valence-corrected chi connectivity index (χ0v) is 14.0. The summed E-state index contributed by atoms with van der Waals surface area (Å²) < 4.78 is 28.6. The first-order valence-corrected chi connectivity index (χ1v) is 8.91. The minimum atomic E-state index is -3.76. The first-order chi connectivity index (χ1) is 9.79. The molecule has 1 aliphatic heterocycles. The molecule has 1 atom stereocenters. The molecule has 1 heterocycles. The Kier molecular flexibility index (Phi) is 4.90. The average molecular weight is 377 g/mol. The molecule has 2 N–H and O–H groups in total. The Morgan fingerprint density at radius 1 is 1.38 bits per heavy atom. The Hall–Kier alpha value is -1.12. The maximum atomic E-state index is 12.2. The van der Waals surface area contributed by atoms with Gasteiger partial charge >= 0.3 is 0 Å². The van der Waals surface area contributed by atoms with Crippen molar-refractivity contribution in [3.05, 3.63) is 22.7 Å². The van der Waals surface area contributed by atoms with Gasteiger partial charge in [0.2, 0.25) is 10.0 Å². The van der Waals surface area contributed by atoms with Crippen molar-refractivity contribution in [3.63, 3.8) is 0 Å². The Labute approximate surface area is 132 Å². The predicted octanol–water partition coefficient (Wildman–Crippen LogP) is 1.49. The van der Waals surface area contributed by atoms with E-state index in [4.69, 9.17) is 9.88 Å². The molecule has 0 aliphatic carbocycles. The van der Waals surface area contributed by atoms with Gasteiger partial charge in [-0.25, -0.2) is 13.6 Å². The Bertz CT molecular complexity index is 642. The fourth-order valence-corrected chi connectivity index (χ4v) is 3.35. The molecule has 1 unspecified atom stereocenters. The number of benzene rings is 1. The second kappa shape index (κ2) is 6.33. The van der Waals surface area contributed by atoms with Crippen LogP contribution in [0, 0.1) is 0 Å². The first-order valence-electron chi connectivity index (χ1n) is 6.57. The van der Waals surface area contributed by atoms with Crippen molar-refractivity contribution < 1.29 is 17.9 Å². The summed E-state index contributed by atoms with van der Waals surface area (Å²) >= 11 is 3.23. The number of hydrogen-bond acceptors (Lipinski definition) is 4. The predicted molar refractivity (Wildman–Crippen MR) is 81.4 cm³/mol. The SMILES string of the molecule is CC(Oc1ccc(S(N)(=O)=O)cc1Br)C(=O)N1CCCC1. The lowest BCUT2D eigenvalue weighted by atomic mass is 10.3. The van der Waals surface area contributed by atoms with E-state index < -0.39 is 16.1 Å². The summed E-state index contributed by atoms with van der Waals surface area (Å²) in [6.07, 6.45) is 1.41. The minimum Gasteiger partial charge on any atom is -0.480 e. The maximum Gasteiger partial charge on any atom is 0.263 e. The normalized spacial score (nSPS) is 16.8. The lowest BCUT2D eigenvalue weighted by Crippen LogP contribution is -2.38. The monoisotopic (exact) mass is 376 g/mol. The Balaban J connectivity index is 2.10. The summed E-state index contributed by atoms with van der Waals surface area (Å²) in [5, 5.41) is 5.06. The molecular weight excluding hydrogens is 360 g/mol. The third kappa shape index (κ3) is 3.96. The first kappa shape index (κ1) is 16.3. The summed E-state index contributed by atoms with van der Waals surface area (Å²) in [6, 6.07) is 4.19. The molecule has 1 aromatic carbocycles. The molecule has 1 aromatic rings. The minimum absolute atomic E-state index is 0.0137. The van der Waals surface area contributed by atoms with Crippen LogP contribution in [-0.4, -0.2) is 38.4 Å². The summed E-state index contributed by atoms with van der Waals surface area (Å²) in [5.41, 5.74) is 0. The molecule has 0 saturated carbocycles. The fourth-order valence-electron chi connectivity index (χ4n) is 2.19. The van der Waals surface area contributed by atoms with E-state index >= 15 is 0 Å². The second-order valence-electron chi connectivity index (χ2n) is 4.93. The molecule has 0 spiro atoms. The molecule has 1 fully saturated rings. The van der Waals surface area contributed by atoms with Crippen molar-refractivity contribution in [1.29, 1.82) is 0 Å². The van der Waals surface area contributed by atoms with Gasteiger partial charge in [-0.3, -0.25) is 4.79 Å². The van der Waals surface area contributed by atoms with Crippen LogP contribution >= 0.6 is 15.9 Å². The molecule has 8 heteroatoms. The summed E-state index contributed by atoms with van der Waals surface area (Å²) in [6.45, 7) is 3.21. The van der Waals surface area contributed by atoms with Crippen LogP contribution < -0.4 is 9.88 Å². The molecule has 6 nitrogen and oxygen atoms in total. The van der Waals surface area contributed by atoms with Crippen molar-refractivity contribution in [2.75, 3.05) is 13.1 Å². The number of likely N-dealkylation sites (tertiary alicyclic amines) is 1. The van der Waals surface area contributed by atoms with E-state index in [1.165, 1.54) is 18.2 Å². The Morgan fingerprint density at radius 2 is 2.00 bits per heavy atom. The van der Waals surface area contributed by atoms with E-state index in [0.717, 1.165) is 25.9 Å². The average Bonchev–Trinajstić information content (AvgIpc) is 2.92. The van der Waals surface area contributed by atoms with Crippen LogP contribution in [0.1, 0.15) is 19.8 Å². The highest BCUT2D eigenvalue weighted by molar-refractivity contribution is 9.10. The number of nitrogens with zero attached hydrogens (tertiary/aromatic N) is 1. The third-order valence-corrected chi connectivity index (χ3v) is 4.83. The highest BCUT2D eigenvalue weighted by Crippen LogP contribution is 2.28. The van der Waals surface area contributed by atoms with Gasteiger partial charge in [-0.1, -0.05) is 0 Å². The second-order valence-corrected chi connectivity index (χ2v) is 7.35. The molecule has 1 saturated heterocycles. The van der Waals surface area contributed by atoms with Crippen molar-refractivity contribution in [1.82, 2.24) is 4.90 Å². The fraction of sp³-hybridized carbons (Fsp3) is 0.462. The van der Waals surface area contributed by atoms with Gasteiger partial charge in [0.25, 0.3) is 5.91 Å². The third-order valence-electron chi connectivity index (χ3n) is 3.30. The number of sulfonamides is 1. The van der Waals surface area contributed by atoms with Gasteiger partial charge in [0.05, 0.1) is 9.37 Å². The van der Waals surface area contributed by atoms with Crippen LogP contribution in [0.2, 0.25) is 0 Å². The van der Waals surface area contributed by atoms with Crippen LogP contribution in [-0.2, 0) is 14.8 Å². The number of ether oxygens (including phenoxy) is 1. The number of rotatable bonds is 4. The number of amides is 1. The quantitative estimate of drug-likeness (QED) is 0.861. The smallest absolute Gasteiger partial charge is 0.263 e. The van der Waals surface area contributed by atoms with E-state index in [0.29, 0.717) is 10.2 Å². The number of carbonyl (C=O) groups excluding carboxylic acids is 1. The largest absolute Gasteiger partial charge is 0.480 e. The van der Waals surface area contributed by atoms with Crippen molar-refractivity contribution in [2.24, 2.45) is 5.14 Å². The van der Waals surface area contributed by atoms with Crippen LogP contribution in [0.25, 0.3) is 0 Å². The summed E-state index contributed by atoms with van der Waals surface area (Å²) in [4.78, 5) is 13.9. The lowest BCUT2D eigenvalue weighted by molar-refractivity contribution is -0.136. The van der Waals surface area contributed by atoms with Crippen molar-refractivity contribution >= 4 is 31.9 Å². The number of hydrogen-bond donors (Lipinski definition) is 1. The zero-order valence-electron chi connectivity index (χ0n) is 11.6. The van der Waals surface area contributed by atoms with Gasteiger partial charge in [0, 0.05) is 13.1 Å². The zero-order chi connectivity index (χ0) is 15.6. The Morgan fingerprint density at radius 3 is 2.52 bits per heavy atom. The lowest BCUT2D eigenvalue weighted by Gasteiger charge is -2.21. The highest BCUT2D eigenvalue weighted by Gasteiger charge is 2.25. The van der Waals surface area contributed by atoms with Gasteiger partial charge in [0.15, 0.2) is 6.10 Å². The van der Waals surface area contributed by atoms with E-state index in [1.807, 2.05) is 0 Å². The molecule has 21 heavy (non-hydrogen) atoms. The summed E-state index contributed by atoms with van der Waals surface area (Å²) in [7, 11) is -3.76. The van der Waals surface area contributed by atoms with Crippen molar-refractivity contribution in [3.8, 4) is 5.75 Å². The van der Waals surface area contributed by atoms with E-state index in [-0.39, 0.29) is 10.8 Å². The van der Waals surface area contributed by atoms with Crippen LogP contribution in [0.15, 0.2) is 27.6 Å². The molecule has 0 aromatic heterocycles. The molecule has 2 rings (SSSR count). The van der Waals surface area contributed by atoms with Gasteiger partial charge in [-0.15, -0.1) is 0 Å². The van der Waals surface area contributed by atoms with E-state index in [2.05, 4.69) is 15.9 Å². The maximum absolute atomic E-state index is 12.2. The van der Waals surface area contributed by atoms with Gasteiger partial charge in [-0.2, -0.15) is 0 Å². The molecule has 0 radical (unpaired) electrons. The number of halogens is 1. The number of carbonyl (C=O) groups is 1. The summed E-state index contributed by atoms with van der Waals surface area (Å²) in [5.74, 6) is 0.345. The molecular formula is C13H17BrN2O4S. The van der Waals surface area contributed by atoms with Gasteiger partial charge in [0.1, 0.15) is 5.75 Å². The van der Waals surface area contributed by atoms with Crippen LogP contribution in [0.4, 0.5) is 0 Å². The molecule has 0 bridgehead atoms. The van der Waals surface area contributed by atoms with Crippen LogP contribution in [0.3, 0.4) is 0 Å². The van der Waals surface area contributed by atoms with Gasteiger partial charge < -0.3 is 9.64 Å². The number of nitrogens with two attached hydrogens (primary N) is 1. The van der Waals surface area contributed by atoms with Crippen molar-refractivity contribution in [2.45, 2.75) is 30.8 Å². The van der Waals surface area contributed by atoms with E-state index in [1.54, 1.807) is 11.8 Å². The molecule has 1 aliphatic rings. The van der Waals surface area contributed by atoms with Crippen LogP contribution in [0.5, 0.6) is 5.75 Å². The highest BCUT2D eigenvalue weighted by atomic mass is 79.9. The number of primary sulfonamides is 1.